The number of carbonyl (C=O) groups is 2. The quantitative estimate of drug-likeness (QED) is 0.606. The molecule has 0 aliphatic heterocycles. The standard InChI is InChI=1S/C18H27N3O4/c1-18(2,3)25-17(23)21(13-6-7-13)10-9-20-15-11-12(16(22)24-4)5-8-14(15)19/h5,8,11,13,20H,6-7,9-10,19H2,1-4H3. The van der Waals surface area contributed by atoms with Crippen molar-refractivity contribution in [3.63, 3.8) is 0 Å². The second-order valence-corrected chi connectivity index (χ2v) is 7.13. The van der Waals surface area contributed by atoms with Crippen LogP contribution in [0.5, 0.6) is 0 Å². The number of esters is 1. The van der Waals surface area contributed by atoms with E-state index in [2.05, 4.69) is 5.32 Å². The number of nitrogen functional groups attached to an aromatic ring is 1. The van der Waals surface area contributed by atoms with Gasteiger partial charge in [0, 0.05) is 19.1 Å². The molecule has 0 bridgehead atoms. The molecular formula is C18H27N3O4. The van der Waals surface area contributed by atoms with Crippen molar-refractivity contribution in [1.29, 1.82) is 0 Å². The Morgan fingerprint density at radius 3 is 2.56 bits per heavy atom. The molecule has 0 radical (unpaired) electrons. The van der Waals surface area contributed by atoms with Crippen LogP contribution in [-0.4, -0.2) is 48.8 Å². The third-order valence-electron chi connectivity index (χ3n) is 3.76. The Bertz CT molecular complexity index is 636. The number of benzene rings is 1. The fraction of sp³-hybridized carbons (Fsp3) is 0.556. The van der Waals surface area contributed by atoms with E-state index in [1.165, 1.54) is 7.11 Å². The van der Waals surface area contributed by atoms with Gasteiger partial charge >= 0.3 is 12.1 Å². The van der Waals surface area contributed by atoms with Crippen LogP contribution < -0.4 is 11.1 Å². The van der Waals surface area contributed by atoms with Gasteiger partial charge in [0.2, 0.25) is 0 Å². The average Bonchev–Trinajstić information content (AvgIpc) is 3.35. The van der Waals surface area contributed by atoms with Crippen molar-refractivity contribution >= 4 is 23.4 Å². The molecule has 1 aliphatic rings. The number of nitrogens with one attached hydrogen (secondary N) is 1. The molecule has 0 heterocycles. The van der Waals surface area contributed by atoms with E-state index in [0.29, 0.717) is 30.0 Å². The van der Waals surface area contributed by atoms with Gasteiger partial charge in [-0.3, -0.25) is 0 Å². The van der Waals surface area contributed by atoms with Crippen molar-refractivity contribution in [2.75, 3.05) is 31.2 Å². The van der Waals surface area contributed by atoms with E-state index in [1.807, 2.05) is 20.8 Å². The summed E-state index contributed by atoms with van der Waals surface area (Å²) in [7, 11) is 1.33. The molecule has 0 atom stereocenters. The highest BCUT2D eigenvalue weighted by molar-refractivity contribution is 5.91. The van der Waals surface area contributed by atoms with Crippen molar-refractivity contribution in [3.05, 3.63) is 23.8 Å². The van der Waals surface area contributed by atoms with Crippen LogP contribution in [0, 0.1) is 0 Å². The number of nitrogens with two attached hydrogens (primary N) is 1. The molecule has 0 saturated heterocycles. The molecule has 3 N–H and O–H groups in total. The summed E-state index contributed by atoms with van der Waals surface area (Å²) in [5.41, 5.74) is 7.02. The highest BCUT2D eigenvalue weighted by Gasteiger charge is 2.34. The molecule has 7 nitrogen and oxygen atoms in total. The van der Waals surface area contributed by atoms with Crippen LogP contribution in [0.1, 0.15) is 44.0 Å². The molecular weight excluding hydrogens is 322 g/mol. The maximum absolute atomic E-state index is 12.3. The van der Waals surface area contributed by atoms with Crippen molar-refractivity contribution < 1.29 is 19.1 Å². The van der Waals surface area contributed by atoms with Gasteiger partial charge in [0.25, 0.3) is 0 Å². The molecule has 25 heavy (non-hydrogen) atoms. The number of anilines is 2. The normalized spacial score (nSPS) is 13.9. The number of hydrogen-bond acceptors (Lipinski definition) is 6. The number of nitrogens with zero attached hydrogens (tertiary/aromatic N) is 1. The summed E-state index contributed by atoms with van der Waals surface area (Å²) >= 11 is 0. The second kappa shape index (κ2) is 7.63. The number of methoxy groups -OCH3 is 1. The highest BCUT2D eigenvalue weighted by atomic mass is 16.6. The molecule has 2 rings (SSSR count). The van der Waals surface area contributed by atoms with Crippen molar-refractivity contribution in [3.8, 4) is 0 Å². The Morgan fingerprint density at radius 2 is 2.00 bits per heavy atom. The highest BCUT2D eigenvalue weighted by Crippen LogP contribution is 2.28. The third-order valence-corrected chi connectivity index (χ3v) is 3.76. The molecule has 1 aliphatic carbocycles. The van der Waals surface area contributed by atoms with Crippen LogP contribution in [0.15, 0.2) is 18.2 Å². The van der Waals surface area contributed by atoms with E-state index < -0.39 is 11.6 Å². The lowest BCUT2D eigenvalue weighted by molar-refractivity contribution is 0.0241. The summed E-state index contributed by atoms with van der Waals surface area (Å²) in [5, 5.41) is 3.18. The molecule has 1 aromatic rings. The molecule has 0 aromatic heterocycles. The number of rotatable bonds is 6. The van der Waals surface area contributed by atoms with E-state index >= 15 is 0 Å². The maximum atomic E-state index is 12.3. The summed E-state index contributed by atoms with van der Waals surface area (Å²) < 4.78 is 10.2. The minimum Gasteiger partial charge on any atom is -0.465 e. The lowest BCUT2D eigenvalue weighted by Crippen LogP contribution is -2.40. The first kappa shape index (κ1) is 18.9. The maximum Gasteiger partial charge on any atom is 0.410 e. The van der Waals surface area contributed by atoms with Crippen LogP contribution in [0.3, 0.4) is 0 Å². The molecule has 0 unspecified atom stereocenters. The third kappa shape index (κ3) is 5.55. The molecule has 7 heteroatoms. The average molecular weight is 349 g/mol. The van der Waals surface area contributed by atoms with Crippen LogP contribution >= 0.6 is 0 Å². The van der Waals surface area contributed by atoms with Gasteiger partial charge < -0.3 is 25.4 Å². The topological polar surface area (TPSA) is 93.9 Å². The van der Waals surface area contributed by atoms with Gasteiger partial charge in [0.05, 0.1) is 24.0 Å². The second-order valence-electron chi connectivity index (χ2n) is 7.13. The fourth-order valence-corrected chi connectivity index (χ4v) is 2.39. The van der Waals surface area contributed by atoms with E-state index in [0.717, 1.165) is 12.8 Å². The first-order valence-corrected chi connectivity index (χ1v) is 8.42. The van der Waals surface area contributed by atoms with Crippen LogP contribution in [0.25, 0.3) is 0 Å². The van der Waals surface area contributed by atoms with Gasteiger partial charge in [-0.25, -0.2) is 9.59 Å². The van der Waals surface area contributed by atoms with Crippen molar-refractivity contribution in [2.24, 2.45) is 0 Å². The molecule has 1 aromatic carbocycles. The largest absolute Gasteiger partial charge is 0.465 e. The first-order chi connectivity index (χ1) is 11.7. The molecule has 0 spiro atoms. The smallest absolute Gasteiger partial charge is 0.410 e. The Kier molecular flexibility index (Phi) is 5.77. The van der Waals surface area contributed by atoms with E-state index in [4.69, 9.17) is 15.2 Å². The van der Waals surface area contributed by atoms with E-state index in [1.54, 1.807) is 23.1 Å². The molecule has 138 valence electrons. The number of ether oxygens (including phenoxy) is 2. The van der Waals surface area contributed by atoms with E-state index in [9.17, 15) is 9.59 Å². The minimum absolute atomic E-state index is 0.246. The Hall–Kier alpha value is -2.44. The van der Waals surface area contributed by atoms with Crippen LogP contribution in [0.4, 0.5) is 16.2 Å². The summed E-state index contributed by atoms with van der Waals surface area (Å²) in [6.45, 7) is 6.57. The zero-order valence-electron chi connectivity index (χ0n) is 15.3. The minimum atomic E-state index is -0.517. The van der Waals surface area contributed by atoms with E-state index in [-0.39, 0.29) is 12.1 Å². The number of hydrogen-bond donors (Lipinski definition) is 2. The Balaban J connectivity index is 1.96. The van der Waals surface area contributed by atoms with Gasteiger partial charge in [-0.2, -0.15) is 0 Å². The van der Waals surface area contributed by atoms with Crippen molar-refractivity contribution in [1.82, 2.24) is 4.90 Å². The Labute approximate surface area is 148 Å². The summed E-state index contributed by atoms with van der Waals surface area (Å²) in [6, 6.07) is 5.16. The summed E-state index contributed by atoms with van der Waals surface area (Å²) in [4.78, 5) is 25.7. The Morgan fingerprint density at radius 1 is 1.32 bits per heavy atom. The number of amides is 1. The van der Waals surface area contributed by atoms with Crippen LogP contribution in [-0.2, 0) is 9.47 Å². The van der Waals surface area contributed by atoms with Crippen molar-refractivity contribution in [2.45, 2.75) is 45.3 Å². The summed E-state index contributed by atoms with van der Waals surface area (Å²) in [6.07, 6.45) is 1.70. The predicted molar refractivity (Wildman–Crippen MR) is 96.6 cm³/mol. The molecule has 1 saturated carbocycles. The lowest BCUT2D eigenvalue weighted by atomic mass is 10.1. The fourth-order valence-electron chi connectivity index (χ4n) is 2.39. The number of carbonyl (C=O) groups excluding carboxylic acids is 2. The van der Waals surface area contributed by atoms with Crippen LogP contribution in [0.2, 0.25) is 0 Å². The van der Waals surface area contributed by atoms with Gasteiger partial charge in [0.1, 0.15) is 5.60 Å². The molecule has 1 fully saturated rings. The van der Waals surface area contributed by atoms with Gasteiger partial charge in [-0.05, 0) is 51.8 Å². The zero-order chi connectivity index (χ0) is 18.6. The van der Waals surface area contributed by atoms with Gasteiger partial charge in [0.15, 0.2) is 0 Å². The van der Waals surface area contributed by atoms with Gasteiger partial charge in [-0.1, -0.05) is 0 Å². The predicted octanol–water partition coefficient (Wildman–Crippen LogP) is 2.87. The van der Waals surface area contributed by atoms with Gasteiger partial charge in [-0.15, -0.1) is 0 Å². The first-order valence-electron chi connectivity index (χ1n) is 8.42. The SMILES string of the molecule is COC(=O)c1ccc(N)c(NCCN(C(=O)OC(C)(C)C)C2CC2)c1. The monoisotopic (exact) mass is 349 g/mol. The molecule has 1 amide bonds. The summed E-state index contributed by atoms with van der Waals surface area (Å²) in [5.74, 6) is -0.420. The zero-order valence-corrected chi connectivity index (χ0v) is 15.3. The lowest BCUT2D eigenvalue weighted by Gasteiger charge is -2.27.